The Kier molecular flexibility index (Phi) is 3.74. The summed E-state index contributed by atoms with van der Waals surface area (Å²) in [4.78, 5) is 0. The fourth-order valence-electron chi connectivity index (χ4n) is 4.70. The number of hydrogen-bond acceptors (Lipinski definition) is 1. The topological polar surface area (TPSA) is 13.1 Å². The van der Waals surface area contributed by atoms with Gasteiger partial charge >= 0.3 is 0 Å². The van der Waals surface area contributed by atoms with E-state index in [1.165, 1.54) is 29.4 Å². The van der Waals surface area contributed by atoms with Crippen LogP contribution in [0.15, 0.2) is 59.0 Å². The first-order chi connectivity index (χ1) is 13.3. The minimum absolute atomic E-state index is 0.181. The lowest BCUT2D eigenvalue weighted by Crippen LogP contribution is -2.33. The SMILES string of the molecule is CC1(C)CCC(C)(C)c2cc3c(cc21)oc1ccc(-c2ccccc2Cl)cc13. The summed E-state index contributed by atoms with van der Waals surface area (Å²) in [5, 5.41) is 3.14. The lowest BCUT2D eigenvalue weighted by molar-refractivity contribution is 0.332. The average molecular weight is 389 g/mol. The van der Waals surface area contributed by atoms with Gasteiger partial charge in [-0.05, 0) is 70.7 Å². The number of halogens is 1. The monoisotopic (exact) mass is 388 g/mol. The molecule has 0 N–H and O–H groups in total. The highest BCUT2D eigenvalue weighted by atomic mass is 35.5. The highest BCUT2D eigenvalue weighted by Gasteiger charge is 2.37. The van der Waals surface area contributed by atoms with Crippen molar-refractivity contribution < 1.29 is 4.42 Å². The smallest absolute Gasteiger partial charge is 0.135 e. The fraction of sp³-hybridized carbons (Fsp3) is 0.308. The number of furan rings is 1. The third kappa shape index (κ3) is 2.60. The quantitative estimate of drug-likeness (QED) is 0.320. The Labute approximate surface area is 171 Å². The van der Waals surface area contributed by atoms with Gasteiger partial charge in [-0.25, -0.2) is 0 Å². The van der Waals surface area contributed by atoms with Crippen molar-refractivity contribution in [2.75, 3.05) is 0 Å². The van der Waals surface area contributed by atoms with Crippen LogP contribution in [0.2, 0.25) is 5.02 Å². The molecule has 2 heteroatoms. The molecule has 1 heterocycles. The second-order valence-corrected chi connectivity index (χ2v) is 9.86. The van der Waals surface area contributed by atoms with Crippen molar-refractivity contribution in [3.63, 3.8) is 0 Å². The summed E-state index contributed by atoms with van der Waals surface area (Å²) in [5.41, 5.74) is 7.35. The minimum Gasteiger partial charge on any atom is -0.456 e. The lowest BCUT2D eigenvalue weighted by Gasteiger charge is -2.41. The largest absolute Gasteiger partial charge is 0.456 e. The van der Waals surface area contributed by atoms with Crippen LogP contribution in [0.1, 0.15) is 51.7 Å². The van der Waals surface area contributed by atoms with Gasteiger partial charge in [-0.3, -0.25) is 0 Å². The summed E-state index contributed by atoms with van der Waals surface area (Å²) in [5.74, 6) is 0. The van der Waals surface area contributed by atoms with Crippen molar-refractivity contribution in [2.45, 2.75) is 51.4 Å². The van der Waals surface area contributed by atoms with Crippen molar-refractivity contribution >= 4 is 33.5 Å². The maximum absolute atomic E-state index is 6.44. The first-order valence-electron chi connectivity index (χ1n) is 10.0. The van der Waals surface area contributed by atoms with E-state index in [0.717, 1.165) is 32.7 Å². The van der Waals surface area contributed by atoms with E-state index < -0.39 is 0 Å². The van der Waals surface area contributed by atoms with E-state index in [0.29, 0.717) is 0 Å². The van der Waals surface area contributed by atoms with E-state index in [1.54, 1.807) is 0 Å². The maximum atomic E-state index is 6.44. The molecule has 5 rings (SSSR count). The molecule has 0 fully saturated rings. The second-order valence-electron chi connectivity index (χ2n) is 9.45. The Balaban J connectivity index is 1.79. The van der Waals surface area contributed by atoms with Crippen molar-refractivity contribution in [1.29, 1.82) is 0 Å². The zero-order chi connectivity index (χ0) is 19.7. The van der Waals surface area contributed by atoms with Crippen molar-refractivity contribution in [1.82, 2.24) is 0 Å². The van der Waals surface area contributed by atoms with Gasteiger partial charge in [0.2, 0.25) is 0 Å². The molecule has 1 aliphatic rings. The molecular weight excluding hydrogens is 364 g/mol. The van der Waals surface area contributed by atoms with Crippen LogP contribution < -0.4 is 0 Å². The molecule has 0 amide bonds. The first-order valence-corrected chi connectivity index (χ1v) is 10.4. The molecule has 0 aliphatic heterocycles. The van der Waals surface area contributed by atoms with E-state index in [-0.39, 0.29) is 10.8 Å². The Morgan fingerprint density at radius 1 is 0.750 bits per heavy atom. The van der Waals surface area contributed by atoms with E-state index in [1.807, 2.05) is 18.2 Å². The van der Waals surface area contributed by atoms with E-state index in [4.69, 9.17) is 16.0 Å². The molecule has 0 saturated heterocycles. The number of hydrogen-bond donors (Lipinski definition) is 0. The minimum atomic E-state index is 0.181. The van der Waals surface area contributed by atoms with Gasteiger partial charge in [0, 0.05) is 21.4 Å². The molecule has 0 atom stereocenters. The van der Waals surface area contributed by atoms with Gasteiger partial charge in [-0.2, -0.15) is 0 Å². The highest BCUT2D eigenvalue weighted by Crippen LogP contribution is 2.48. The van der Waals surface area contributed by atoms with Gasteiger partial charge in [-0.1, -0.05) is 63.6 Å². The van der Waals surface area contributed by atoms with Crippen LogP contribution in [0.3, 0.4) is 0 Å². The summed E-state index contributed by atoms with van der Waals surface area (Å²) in [6.07, 6.45) is 2.41. The van der Waals surface area contributed by atoms with Gasteiger partial charge in [0.25, 0.3) is 0 Å². The predicted octanol–water partition coefficient (Wildman–Crippen LogP) is 8.26. The van der Waals surface area contributed by atoms with Gasteiger partial charge in [-0.15, -0.1) is 0 Å². The summed E-state index contributed by atoms with van der Waals surface area (Å²) < 4.78 is 6.27. The summed E-state index contributed by atoms with van der Waals surface area (Å²) in [6.45, 7) is 9.44. The molecular formula is C26H25ClO. The average Bonchev–Trinajstić information content (AvgIpc) is 3.02. The Morgan fingerprint density at radius 3 is 2.11 bits per heavy atom. The van der Waals surface area contributed by atoms with E-state index >= 15 is 0 Å². The van der Waals surface area contributed by atoms with E-state index in [9.17, 15) is 0 Å². The number of rotatable bonds is 1. The van der Waals surface area contributed by atoms with Gasteiger partial charge < -0.3 is 4.42 Å². The second kappa shape index (κ2) is 5.87. The van der Waals surface area contributed by atoms with Crippen molar-refractivity contribution in [3.05, 3.63) is 70.7 Å². The third-order valence-electron chi connectivity index (χ3n) is 6.63. The molecule has 0 unspecified atom stereocenters. The molecule has 0 bridgehead atoms. The van der Waals surface area contributed by atoms with Crippen molar-refractivity contribution in [3.8, 4) is 11.1 Å². The molecule has 4 aromatic rings. The normalized spacial score (nSPS) is 17.8. The molecule has 28 heavy (non-hydrogen) atoms. The summed E-state index contributed by atoms with van der Waals surface area (Å²) in [7, 11) is 0. The zero-order valence-corrected chi connectivity index (χ0v) is 17.7. The Morgan fingerprint density at radius 2 is 1.39 bits per heavy atom. The van der Waals surface area contributed by atoms with Crippen LogP contribution in [0.25, 0.3) is 33.1 Å². The van der Waals surface area contributed by atoms with Crippen LogP contribution in [0.5, 0.6) is 0 Å². The highest BCUT2D eigenvalue weighted by molar-refractivity contribution is 6.33. The Hall–Kier alpha value is -2.25. The molecule has 1 nitrogen and oxygen atoms in total. The van der Waals surface area contributed by atoms with Crippen LogP contribution in [0.4, 0.5) is 0 Å². The fourth-order valence-corrected chi connectivity index (χ4v) is 4.94. The Bertz CT molecular complexity index is 1230. The molecule has 0 saturated carbocycles. The summed E-state index contributed by atoms with van der Waals surface area (Å²) in [6, 6.07) is 19.1. The van der Waals surface area contributed by atoms with Crippen LogP contribution >= 0.6 is 11.6 Å². The van der Waals surface area contributed by atoms with Crippen LogP contribution in [0, 0.1) is 0 Å². The standard InChI is InChI=1S/C26H25ClO/c1-25(2)11-12-26(3,4)21-15-24-19(14-20(21)25)18-13-16(9-10-23(18)28-24)17-7-5-6-8-22(17)27/h5-10,13-15H,11-12H2,1-4H3. The lowest BCUT2D eigenvalue weighted by atomic mass is 9.63. The molecule has 3 aromatic carbocycles. The third-order valence-corrected chi connectivity index (χ3v) is 6.96. The first kappa shape index (κ1) is 17.8. The molecule has 0 spiro atoms. The molecule has 142 valence electrons. The van der Waals surface area contributed by atoms with Crippen LogP contribution in [-0.2, 0) is 10.8 Å². The molecule has 1 aromatic heterocycles. The van der Waals surface area contributed by atoms with E-state index in [2.05, 4.69) is 64.1 Å². The van der Waals surface area contributed by atoms with Crippen LogP contribution in [-0.4, -0.2) is 0 Å². The van der Waals surface area contributed by atoms with Gasteiger partial charge in [0.15, 0.2) is 0 Å². The van der Waals surface area contributed by atoms with Gasteiger partial charge in [0.1, 0.15) is 11.2 Å². The summed E-state index contributed by atoms with van der Waals surface area (Å²) >= 11 is 6.44. The van der Waals surface area contributed by atoms with Crippen molar-refractivity contribution in [2.24, 2.45) is 0 Å². The predicted molar refractivity (Wildman–Crippen MR) is 119 cm³/mol. The zero-order valence-electron chi connectivity index (χ0n) is 16.9. The van der Waals surface area contributed by atoms with Gasteiger partial charge in [0.05, 0.1) is 0 Å². The molecule has 0 radical (unpaired) electrons. The number of benzene rings is 3. The maximum Gasteiger partial charge on any atom is 0.135 e. The number of fused-ring (bicyclic) bond motifs is 4. The molecule has 1 aliphatic carbocycles.